The summed E-state index contributed by atoms with van der Waals surface area (Å²) in [6.45, 7) is 2.79. The molecule has 100 valence electrons. The Morgan fingerprint density at radius 3 is 2.53 bits per heavy atom. The molecule has 6 heteroatoms. The molecule has 2 aromatic rings. The first-order valence-corrected chi connectivity index (χ1v) is 6.45. The van der Waals surface area contributed by atoms with Crippen LogP contribution < -0.4 is 4.90 Å². The first-order valence-electron chi connectivity index (χ1n) is 6.45. The lowest BCUT2D eigenvalue weighted by Gasteiger charge is -2.38. The molecule has 1 aliphatic rings. The smallest absolute Gasteiger partial charge is 0.225 e. The van der Waals surface area contributed by atoms with Crippen LogP contribution in [0.3, 0.4) is 0 Å². The highest BCUT2D eigenvalue weighted by atomic mass is 15.3. The molecule has 0 amide bonds. The number of rotatable bonds is 2. The van der Waals surface area contributed by atoms with Gasteiger partial charge in [-0.1, -0.05) is 0 Å². The van der Waals surface area contributed by atoms with Gasteiger partial charge in [-0.05, 0) is 13.1 Å². The summed E-state index contributed by atoms with van der Waals surface area (Å²) >= 11 is 0. The zero-order chi connectivity index (χ0) is 13.2. The van der Waals surface area contributed by atoms with Gasteiger partial charge in [-0.25, -0.2) is 15.0 Å². The first kappa shape index (κ1) is 12.1. The van der Waals surface area contributed by atoms with Crippen molar-refractivity contribution in [1.82, 2.24) is 24.4 Å². The molecule has 0 spiro atoms. The molecule has 1 atom stereocenters. The molecule has 0 bridgehead atoms. The lowest BCUT2D eigenvalue weighted by Crippen LogP contribution is -2.48. The Hall–Kier alpha value is -1.95. The average Bonchev–Trinajstić information content (AvgIpc) is 2.86. The van der Waals surface area contributed by atoms with Gasteiger partial charge >= 0.3 is 0 Å². The summed E-state index contributed by atoms with van der Waals surface area (Å²) in [6, 6.07) is 2.12. The van der Waals surface area contributed by atoms with E-state index in [-0.39, 0.29) is 6.04 Å². The maximum absolute atomic E-state index is 4.47. The highest BCUT2D eigenvalue weighted by molar-refractivity contribution is 5.30. The molecule has 3 heterocycles. The Kier molecular flexibility index (Phi) is 3.16. The van der Waals surface area contributed by atoms with E-state index in [0.29, 0.717) is 0 Å². The maximum atomic E-state index is 4.47. The molecule has 1 saturated heterocycles. The quantitative estimate of drug-likeness (QED) is 0.794. The Labute approximate surface area is 112 Å². The lowest BCUT2D eigenvalue weighted by atomic mass is 10.1. The van der Waals surface area contributed by atoms with Gasteiger partial charge in [-0.15, -0.1) is 0 Å². The van der Waals surface area contributed by atoms with Crippen molar-refractivity contribution in [2.24, 2.45) is 7.05 Å². The van der Waals surface area contributed by atoms with Gasteiger partial charge < -0.3 is 9.47 Å². The van der Waals surface area contributed by atoms with Crippen LogP contribution in [0.25, 0.3) is 0 Å². The van der Waals surface area contributed by atoms with Crippen LogP contribution in [-0.2, 0) is 7.05 Å². The van der Waals surface area contributed by atoms with Crippen LogP contribution in [0.15, 0.2) is 30.9 Å². The molecule has 0 aromatic carbocycles. The standard InChI is InChI=1S/C13H18N6/c1-17-8-9-19(13-15-4-3-5-16-13)10-11(17)12-14-6-7-18(12)2/h3-7,11H,8-10H2,1-2H3. The van der Waals surface area contributed by atoms with Gasteiger partial charge in [-0.2, -0.15) is 0 Å². The van der Waals surface area contributed by atoms with Crippen LogP contribution in [0.1, 0.15) is 11.9 Å². The summed E-state index contributed by atoms with van der Waals surface area (Å²) < 4.78 is 2.08. The molecule has 6 nitrogen and oxygen atoms in total. The topological polar surface area (TPSA) is 50.1 Å². The second kappa shape index (κ2) is 4.97. The zero-order valence-corrected chi connectivity index (χ0v) is 11.3. The summed E-state index contributed by atoms with van der Waals surface area (Å²) in [5, 5.41) is 0. The molecule has 1 fully saturated rings. The van der Waals surface area contributed by atoms with Gasteiger partial charge in [-0.3, -0.25) is 4.90 Å². The maximum Gasteiger partial charge on any atom is 0.225 e. The number of anilines is 1. The van der Waals surface area contributed by atoms with E-state index in [9.17, 15) is 0 Å². The number of aromatic nitrogens is 4. The van der Waals surface area contributed by atoms with Gasteiger partial charge in [0.2, 0.25) is 5.95 Å². The highest BCUT2D eigenvalue weighted by Crippen LogP contribution is 2.24. The summed E-state index contributed by atoms with van der Waals surface area (Å²) in [4.78, 5) is 17.7. The first-order chi connectivity index (χ1) is 9.25. The van der Waals surface area contributed by atoms with Crippen molar-refractivity contribution >= 4 is 5.95 Å². The normalized spacial score (nSPS) is 20.7. The average molecular weight is 258 g/mol. The predicted octanol–water partition coefficient (Wildman–Crippen LogP) is 0.703. The lowest BCUT2D eigenvalue weighted by molar-refractivity contribution is 0.208. The number of likely N-dealkylation sites (N-methyl/N-ethyl adjacent to an activating group) is 1. The van der Waals surface area contributed by atoms with E-state index < -0.39 is 0 Å². The molecular formula is C13H18N6. The summed E-state index contributed by atoms with van der Waals surface area (Å²) in [6.07, 6.45) is 7.41. The van der Waals surface area contributed by atoms with Crippen molar-refractivity contribution in [3.05, 3.63) is 36.7 Å². The molecule has 3 rings (SSSR count). The van der Waals surface area contributed by atoms with Crippen molar-refractivity contribution in [3.8, 4) is 0 Å². The molecule has 1 aliphatic heterocycles. The molecule has 2 aromatic heterocycles. The van der Waals surface area contributed by atoms with Gasteiger partial charge in [0.1, 0.15) is 5.82 Å². The third kappa shape index (κ3) is 2.31. The van der Waals surface area contributed by atoms with Crippen LogP contribution in [0.2, 0.25) is 0 Å². The van der Waals surface area contributed by atoms with E-state index in [4.69, 9.17) is 0 Å². The second-order valence-corrected chi connectivity index (χ2v) is 4.89. The van der Waals surface area contributed by atoms with Crippen molar-refractivity contribution in [1.29, 1.82) is 0 Å². The highest BCUT2D eigenvalue weighted by Gasteiger charge is 2.29. The van der Waals surface area contributed by atoms with E-state index in [1.807, 2.05) is 25.5 Å². The monoisotopic (exact) mass is 258 g/mol. The molecule has 0 N–H and O–H groups in total. The van der Waals surface area contributed by atoms with Crippen LogP contribution in [0.5, 0.6) is 0 Å². The minimum Gasteiger partial charge on any atom is -0.338 e. The largest absolute Gasteiger partial charge is 0.338 e. The van der Waals surface area contributed by atoms with Gasteiger partial charge in [0.05, 0.1) is 6.04 Å². The van der Waals surface area contributed by atoms with E-state index in [1.54, 1.807) is 12.4 Å². The van der Waals surface area contributed by atoms with Crippen LogP contribution in [0, 0.1) is 0 Å². The number of nitrogens with zero attached hydrogens (tertiary/aromatic N) is 6. The minimum absolute atomic E-state index is 0.276. The van der Waals surface area contributed by atoms with Crippen molar-refractivity contribution in [2.45, 2.75) is 6.04 Å². The van der Waals surface area contributed by atoms with Crippen molar-refractivity contribution in [2.75, 3.05) is 31.6 Å². The van der Waals surface area contributed by atoms with Crippen molar-refractivity contribution in [3.63, 3.8) is 0 Å². The van der Waals surface area contributed by atoms with Gasteiger partial charge in [0, 0.05) is 51.5 Å². The van der Waals surface area contributed by atoms with E-state index in [2.05, 4.69) is 36.4 Å². The number of hydrogen-bond acceptors (Lipinski definition) is 5. The SMILES string of the molecule is CN1CCN(c2ncccn2)CC1c1nccn1C. The Morgan fingerprint density at radius 1 is 1.05 bits per heavy atom. The van der Waals surface area contributed by atoms with E-state index in [1.165, 1.54) is 0 Å². The van der Waals surface area contributed by atoms with E-state index in [0.717, 1.165) is 31.4 Å². The predicted molar refractivity (Wildman–Crippen MR) is 72.8 cm³/mol. The van der Waals surface area contributed by atoms with E-state index >= 15 is 0 Å². The number of aryl methyl sites for hydroxylation is 1. The summed E-state index contributed by atoms with van der Waals surface area (Å²) in [7, 11) is 4.18. The fourth-order valence-electron chi connectivity index (χ4n) is 2.49. The second-order valence-electron chi connectivity index (χ2n) is 4.89. The molecule has 19 heavy (non-hydrogen) atoms. The van der Waals surface area contributed by atoms with Crippen LogP contribution >= 0.6 is 0 Å². The number of imidazole rings is 1. The van der Waals surface area contributed by atoms with Gasteiger partial charge in [0.25, 0.3) is 0 Å². The van der Waals surface area contributed by atoms with Gasteiger partial charge in [0.15, 0.2) is 0 Å². The molecular weight excluding hydrogens is 240 g/mol. The molecule has 0 radical (unpaired) electrons. The third-order valence-electron chi connectivity index (χ3n) is 3.64. The molecule has 1 unspecified atom stereocenters. The van der Waals surface area contributed by atoms with Crippen molar-refractivity contribution < 1.29 is 0 Å². The number of piperazine rings is 1. The third-order valence-corrected chi connectivity index (χ3v) is 3.64. The summed E-state index contributed by atoms with van der Waals surface area (Å²) in [5.74, 6) is 1.89. The number of hydrogen-bond donors (Lipinski definition) is 0. The Bertz CT molecular complexity index is 537. The fourth-order valence-corrected chi connectivity index (χ4v) is 2.49. The molecule has 0 saturated carbocycles. The fraction of sp³-hybridized carbons (Fsp3) is 0.462. The minimum atomic E-state index is 0.276. The van der Waals surface area contributed by atoms with Crippen LogP contribution in [-0.4, -0.2) is 51.1 Å². The summed E-state index contributed by atoms with van der Waals surface area (Å²) in [5.41, 5.74) is 0. The van der Waals surface area contributed by atoms with Crippen LogP contribution in [0.4, 0.5) is 5.95 Å². The zero-order valence-electron chi connectivity index (χ0n) is 11.3. The Balaban J connectivity index is 1.84. The Morgan fingerprint density at radius 2 is 1.84 bits per heavy atom. The molecule has 0 aliphatic carbocycles.